The van der Waals surface area contributed by atoms with Gasteiger partial charge in [-0.3, -0.25) is 4.79 Å². The molecule has 2 aromatic carbocycles. The van der Waals surface area contributed by atoms with Crippen LogP contribution in [0.5, 0.6) is 0 Å². The van der Waals surface area contributed by atoms with Crippen molar-refractivity contribution >= 4 is 21.9 Å². The Bertz CT molecular complexity index is 1020. The third-order valence-electron chi connectivity index (χ3n) is 4.50. The molecule has 0 aliphatic heterocycles. The smallest absolute Gasteiger partial charge is 0.338 e. The van der Waals surface area contributed by atoms with Crippen LogP contribution in [0.4, 0.5) is 0 Å². The molecule has 0 heterocycles. The average molecular weight is 404 g/mol. The Morgan fingerprint density at radius 1 is 1.04 bits per heavy atom. The molecule has 0 spiro atoms. The summed E-state index contributed by atoms with van der Waals surface area (Å²) in [4.78, 5) is 24.2. The minimum absolute atomic E-state index is 0.0431. The number of carbonyl (C=O) groups is 2. The lowest BCUT2D eigenvalue weighted by atomic mass is 10.0. The van der Waals surface area contributed by atoms with Gasteiger partial charge in [0.15, 0.2) is 6.61 Å². The maximum Gasteiger partial charge on any atom is 0.338 e. The maximum absolute atomic E-state index is 12.2. The molecule has 0 saturated heterocycles. The van der Waals surface area contributed by atoms with E-state index in [9.17, 15) is 18.0 Å². The Kier molecular flexibility index (Phi) is 6.58. The predicted molar refractivity (Wildman–Crippen MR) is 105 cm³/mol. The van der Waals surface area contributed by atoms with E-state index in [4.69, 9.17) is 9.88 Å². The van der Waals surface area contributed by atoms with Crippen molar-refractivity contribution in [1.82, 2.24) is 5.32 Å². The van der Waals surface area contributed by atoms with Crippen molar-refractivity contribution in [3.05, 3.63) is 64.2 Å². The van der Waals surface area contributed by atoms with Crippen LogP contribution in [-0.4, -0.2) is 26.9 Å². The quantitative estimate of drug-likeness (QED) is 0.717. The van der Waals surface area contributed by atoms with Gasteiger partial charge < -0.3 is 10.1 Å². The zero-order valence-corrected chi connectivity index (χ0v) is 17.1. The summed E-state index contributed by atoms with van der Waals surface area (Å²) in [7, 11) is -3.95. The Morgan fingerprint density at radius 2 is 1.68 bits per heavy atom. The summed E-state index contributed by atoms with van der Waals surface area (Å²) in [6, 6.07) is 9.56. The predicted octanol–water partition coefficient (Wildman–Crippen LogP) is 2.29. The Balaban J connectivity index is 2.00. The van der Waals surface area contributed by atoms with E-state index in [0.717, 1.165) is 22.8 Å². The van der Waals surface area contributed by atoms with Crippen LogP contribution in [0.2, 0.25) is 0 Å². The van der Waals surface area contributed by atoms with Crippen LogP contribution in [-0.2, 0) is 19.6 Å². The molecule has 0 aliphatic carbocycles. The van der Waals surface area contributed by atoms with Crippen molar-refractivity contribution in [3.63, 3.8) is 0 Å². The van der Waals surface area contributed by atoms with E-state index < -0.39 is 28.5 Å². The molecule has 150 valence electrons. The molecule has 0 aromatic heterocycles. The normalized spacial score (nSPS) is 12.3. The Morgan fingerprint density at radius 3 is 2.29 bits per heavy atom. The molecule has 0 aliphatic rings. The van der Waals surface area contributed by atoms with Gasteiger partial charge in [0.2, 0.25) is 10.0 Å². The number of esters is 1. The van der Waals surface area contributed by atoms with Crippen molar-refractivity contribution in [2.75, 3.05) is 6.61 Å². The van der Waals surface area contributed by atoms with E-state index >= 15 is 0 Å². The van der Waals surface area contributed by atoms with Crippen LogP contribution in [0.3, 0.4) is 0 Å². The molecule has 2 rings (SSSR count). The number of rotatable bonds is 6. The highest BCUT2D eigenvalue weighted by atomic mass is 32.2. The molecule has 7 nitrogen and oxygen atoms in total. The molecule has 0 saturated carbocycles. The minimum Gasteiger partial charge on any atom is -0.452 e. The van der Waals surface area contributed by atoms with Gasteiger partial charge in [0.25, 0.3) is 5.91 Å². The number of primary sulfonamides is 1. The molecule has 1 atom stereocenters. The fraction of sp³-hybridized carbons (Fsp3) is 0.300. The summed E-state index contributed by atoms with van der Waals surface area (Å²) >= 11 is 0. The molecule has 2 aromatic rings. The highest BCUT2D eigenvalue weighted by Crippen LogP contribution is 2.17. The maximum atomic E-state index is 12.2. The van der Waals surface area contributed by atoms with Crippen molar-refractivity contribution < 1.29 is 22.7 Å². The fourth-order valence-corrected chi connectivity index (χ4v) is 3.15. The number of benzene rings is 2. The number of carbonyl (C=O) groups excluding carboxylic acids is 2. The van der Waals surface area contributed by atoms with Crippen LogP contribution in [0.1, 0.15) is 45.6 Å². The van der Waals surface area contributed by atoms with Crippen LogP contribution in [0.15, 0.2) is 41.3 Å². The Labute approximate surface area is 164 Å². The zero-order chi connectivity index (χ0) is 21.1. The second-order valence-electron chi connectivity index (χ2n) is 6.73. The first kappa shape index (κ1) is 21.6. The summed E-state index contributed by atoms with van der Waals surface area (Å²) in [6.07, 6.45) is 0. The van der Waals surface area contributed by atoms with E-state index in [1.165, 1.54) is 12.1 Å². The van der Waals surface area contributed by atoms with E-state index in [0.29, 0.717) is 5.56 Å². The lowest BCUT2D eigenvalue weighted by Gasteiger charge is -2.16. The van der Waals surface area contributed by atoms with Gasteiger partial charge in [-0.15, -0.1) is 0 Å². The van der Waals surface area contributed by atoms with Gasteiger partial charge in [-0.25, -0.2) is 18.4 Å². The highest BCUT2D eigenvalue weighted by Gasteiger charge is 2.18. The van der Waals surface area contributed by atoms with E-state index in [-0.39, 0.29) is 16.5 Å². The van der Waals surface area contributed by atoms with Crippen molar-refractivity contribution in [2.24, 2.45) is 5.14 Å². The Hall–Kier alpha value is -2.71. The molecule has 8 heteroatoms. The third kappa shape index (κ3) is 5.40. The number of nitrogens with one attached hydrogen (secondary N) is 1. The van der Waals surface area contributed by atoms with Crippen LogP contribution in [0.25, 0.3) is 0 Å². The lowest BCUT2D eigenvalue weighted by Crippen LogP contribution is -2.31. The van der Waals surface area contributed by atoms with Gasteiger partial charge in [0.1, 0.15) is 0 Å². The largest absolute Gasteiger partial charge is 0.452 e. The summed E-state index contributed by atoms with van der Waals surface area (Å²) in [6.45, 7) is 6.99. The number of hydrogen-bond acceptors (Lipinski definition) is 5. The molecule has 1 unspecified atom stereocenters. The standard InChI is InChI=1S/C20H24N2O5S/c1-12-5-7-16(9-14(12)3)15(4)22-19(23)11-27-20(24)18-10-17(28(21,25)26)8-6-13(18)2/h5-10,15H,11H2,1-4H3,(H,22,23)(H2,21,25,26). The number of nitrogens with two attached hydrogens (primary N) is 1. The first-order chi connectivity index (χ1) is 13.0. The number of aryl methyl sites for hydroxylation is 3. The topological polar surface area (TPSA) is 116 Å². The molecule has 0 fully saturated rings. The van der Waals surface area contributed by atoms with Crippen LogP contribution >= 0.6 is 0 Å². The van der Waals surface area contributed by atoms with Gasteiger partial charge in [0, 0.05) is 0 Å². The first-order valence-electron chi connectivity index (χ1n) is 8.66. The van der Waals surface area contributed by atoms with Crippen molar-refractivity contribution in [1.29, 1.82) is 0 Å². The van der Waals surface area contributed by atoms with E-state index in [2.05, 4.69) is 5.32 Å². The SMILES string of the molecule is Cc1ccc(C(C)NC(=O)COC(=O)c2cc(S(N)(=O)=O)ccc2C)cc1C. The second-order valence-corrected chi connectivity index (χ2v) is 8.29. The minimum atomic E-state index is -3.95. The monoisotopic (exact) mass is 404 g/mol. The van der Waals surface area contributed by atoms with Gasteiger partial charge >= 0.3 is 5.97 Å². The number of amides is 1. The van der Waals surface area contributed by atoms with Gasteiger partial charge in [0.05, 0.1) is 16.5 Å². The van der Waals surface area contributed by atoms with Crippen LogP contribution in [0, 0.1) is 20.8 Å². The second kappa shape index (κ2) is 8.53. The van der Waals surface area contributed by atoms with Gasteiger partial charge in [-0.1, -0.05) is 24.3 Å². The highest BCUT2D eigenvalue weighted by molar-refractivity contribution is 7.89. The lowest BCUT2D eigenvalue weighted by molar-refractivity contribution is -0.124. The van der Waals surface area contributed by atoms with E-state index in [1.807, 2.05) is 39.0 Å². The fourth-order valence-electron chi connectivity index (χ4n) is 2.61. The average Bonchev–Trinajstić information content (AvgIpc) is 2.61. The molecule has 28 heavy (non-hydrogen) atoms. The van der Waals surface area contributed by atoms with Gasteiger partial charge in [-0.05, 0) is 62.1 Å². The van der Waals surface area contributed by atoms with Crippen LogP contribution < -0.4 is 10.5 Å². The molecular formula is C20H24N2O5S. The molecule has 0 bridgehead atoms. The molecular weight excluding hydrogens is 380 g/mol. The summed E-state index contributed by atoms with van der Waals surface area (Å²) in [5.41, 5.74) is 3.78. The van der Waals surface area contributed by atoms with Crippen molar-refractivity contribution in [3.8, 4) is 0 Å². The van der Waals surface area contributed by atoms with Gasteiger partial charge in [-0.2, -0.15) is 0 Å². The summed E-state index contributed by atoms with van der Waals surface area (Å²) in [5.74, 6) is -1.25. The third-order valence-corrected chi connectivity index (χ3v) is 5.41. The zero-order valence-electron chi connectivity index (χ0n) is 16.3. The van der Waals surface area contributed by atoms with Crippen molar-refractivity contribution in [2.45, 2.75) is 38.6 Å². The summed E-state index contributed by atoms with van der Waals surface area (Å²) in [5, 5.41) is 7.85. The molecule has 3 N–H and O–H groups in total. The number of sulfonamides is 1. The molecule has 1 amide bonds. The number of hydrogen-bond donors (Lipinski definition) is 2. The summed E-state index contributed by atoms with van der Waals surface area (Å²) < 4.78 is 27.9. The molecule has 0 radical (unpaired) electrons. The van der Waals surface area contributed by atoms with E-state index in [1.54, 1.807) is 6.92 Å². The first-order valence-corrected chi connectivity index (χ1v) is 10.2. The number of ether oxygens (including phenoxy) is 1.